The molecule has 0 radical (unpaired) electrons. The van der Waals surface area contributed by atoms with Crippen LogP contribution in [0.2, 0.25) is 0 Å². The second kappa shape index (κ2) is 8.63. The standard InChI is InChI=1S/C28H24FN7S/c1-15(28(2,3)4)32-18-11-17(13-30-14-18)16-5-6-20-19(12-16)24(36-35-20)27-33-21-9-10-31-26(25(21)34-27)22-7-8-23(29)37-22/h5-14,32H,1H2,2-4H3,(H,33,34)(H,35,36). The zero-order valence-electron chi connectivity index (χ0n) is 20.6. The molecule has 6 aromatic rings. The zero-order valence-corrected chi connectivity index (χ0v) is 21.4. The monoisotopic (exact) mass is 509 g/mol. The van der Waals surface area contributed by atoms with E-state index in [1.807, 2.05) is 24.4 Å². The third kappa shape index (κ3) is 4.27. The zero-order chi connectivity index (χ0) is 25.7. The first-order valence-corrected chi connectivity index (χ1v) is 12.6. The number of benzene rings is 1. The van der Waals surface area contributed by atoms with Crippen LogP contribution in [0.5, 0.6) is 0 Å². The molecule has 5 aromatic heterocycles. The second-order valence-corrected chi connectivity index (χ2v) is 10.9. The molecule has 0 unspecified atom stereocenters. The molecule has 0 amide bonds. The van der Waals surface area contributed by atoms with Gasteiger partial charge in [0.05, 0.1) is 27.8 Å². The fourth-order valence-corrected chi connectivity index (χ4v) is 4.80. The first-order chi connectivity index (χ1) is 17.8. The third-order valence-electron chi connectivity index (χ3n) is 6.27. The molecule has 0 saturated heterocycles. The number of nitrogens with zero attached hydrogens (tertiary/aromatic N) is 4. The normalized spacial score (nSPS) is 11.9. The number of imidazole rings is 1. The summed E-state index contributed by atoms with van der Waals surface area (Å²) >= 11 is 1.05. The molecular weight excluding hydrogens is 485 g/mol. The van der Waals surface area contributed by atoms with Crippen molar-refractivity contribution >= 4 is 39.0 Å². The predicted octanol–water partition coefficient (Wildman–Crippen LogP) is 7.40. The second-order valence-electron chi connectivity index (χ2n) is 9.89. The maximum Gasteiger partial charge on any atom is 0.177 e. The number of H-pyrrole nitrogens is 2. The van der Waals surface area contributed by atoms with Crippen LogP contribution in [0.3, 0.4) is 0 Å². The van der Waals surface area contributed by atoms with E-state index in [-0.39, 0.29) is 10.5 Å². The molecule has 7 nitrogen and oxygen atoms in total. The van der Waals surface area contributed by atoms with Gasteiger partial charge in [0, 0.05) is 34.5 Å². The Morgan fingerprint density at radius 3 is 2.65 bits per heavy atom. The minimum Gasteiger partial charge on any atom is -0.358 e. The number of fused-ring (bicyclic) bond motifs is 2. The van der Waals surface area contributed by atoms with E-state index in [1.165, 1.54) is 6.07 Å². The largest absolute Gasteiger partial charge is 0.358 e. The highest BCUT2D eigenvalue weighted by Crippen LogP contribution is 2.34. The maximum absolute atomic E-state index is 13.7. The number of nitrogens with one attached hydrogen (secondary N) is 3. The fourth-order valence-electron chi connectivity index (χ4n) is 4.07. The van der Waals surface area contributed by atoms with Crippen LogP contribution in [0.1, 0.15) is 20.8 Å². The third-order valence-corrected chi connectivity index (χ3v) is 7.15. The van der Waals surface area contributed by atoms with Gasteiger partial charge in [-0.1, -0.05) is 33.4 Å². The highest BCUT2D eigenvalue weighted by atomic mass is 32.1. The van der Waals surface area contributed by atoms with Gasteiger partial charge >= 0.3 is 0 Å². The van der Waals surface area contributed by atoms with E-state index in [9.17, 15) is 4.39 Å². The minimum absolute atomic E-state index is 0.0692. The van der Waals surface area contributed by atoms with Gasteiger partial charge in [0.15, 0.2) is 11.0 Å². The molecule has 0 saturated carbocycles. The molecule has 9 heteroatoms. The van der Waals surface area contributed by atoms with Gasteiger partial charge in [-0.2, -0.15) is 9.49 Å². The van der Waals surface area contributed by atoms with E-state index in [1.54, 1.807) is 18.5 Å². The molecular formula is C28H24FN7S. The lowest BCUT2D eigenvalue weighted by molar-refractivity contribution is 0.509. The summed E-state index contributed by atoms with van der Waals surface area (Å²) in [5, 5.41) is 11.7. The van der Waals surface area contributed by atoms with Crippen LogP contribution in [0.25, 0.3) is 55.2 Å². The molecule has 0 spiro atoms. The van der Waals surface area contributed by atoms with E-state index in [0.29, 0.717) is 22.7 Å². The van der Waals surface area contributed by atoms with Crippen LogP contribution >= 0.6 is 11.3 Å². The smallest absolute Gasteiger partial charge is 0.177 e. The summed E-state index contributed by atoms with van der Waals surface area (Å²) in [5.41, 5.74) is 7.41. The summed E-state index contributed by atoms with van der Waals surface area (Å²) in [4.78, 5) is 17.8. The lowest BCUT2D eigenvalue weighted by Crippen LogP contribution is -2.15. The molecule has 184 valence electrons. The summed E-state index contributed by atoms with van der Waals surface area (Å²) < 4.78 is 13.7. The molecule has 37 heavy (non-hydrogen) atoms. The van der Waals surface area contributed by atoms with Gasteiger partial charge in [0.2, 0.25) is 0 Å². The lowest BCUT2D eigenvalue weighted by atomic mass is 9.93. The lowest BCUT2D eigenvalue weighted by Gasteiger charge is -2.23. The number of aromatic nitrogens is 6. The molecule has 1 aromatic carbocycles. The van der Waals surface area contributed by atoms with Crippen LogP contribution in [-0.2, 0) is 0 Å². The topological polar surface area (TPSA) is 95.2 Å². The SMILES string of the molecule is C=C(Nc1cncc(-c2ccc3[nH]nc(-c4nc5c(-c6ccc(F)s6)nccc5[nH]4)c3c2)c1)C(C)(C)C. The van der Waals surface area contributed by atoms with Gasteiger partial charge in [0.1, 0.15) is 16.9 Å². The average Bonchev–Trinajstić information content (AvgIpc) is 3.60. The fraction of sp³-hybridized carbons (Fsp3) is 0.143. The van der Waals surface area contributed by atoms with Crippen molar-refractivity contribution in [1.82, 2.24) is 30.1 Å². The molecule has 0 atom stereocenters. The Kier molecular flexibility index (Phi) is 5.38. The Morgan fingerprint density at radius 1 is 1.00 bits per heavy atom. The molecule has 6 rings (SSSR count). The number of hydrogen-bond acceptors (Lipinski definition) is 6. The van der Waals surface area contributed by atoms with Crippen molar-refractivity contribution in [1.29, 1.82) is 0 Å². The van der Waals surface area contributed by atoms with Gasteiger partial charge < -0.3 is 10.3 Å². The number of pyridine rings is 2. The number of anilines is 1. The molecule has 0 aliphatic carbocycles. The summed E-state index contributed by atoms with van der Waals surface area (Å²) in [6.45, 7) is 10.5. The van der Waals surface area contributed by atoms with Gasteiger partial charge in [-0.05, 0) is 42.0 Å². The van der Waals surface area contributed by atoms with Crippen LogP contribution in [-0.4, -0.2) is 30.1 Å². The Labute approximate surface area is 216 Å². The molecule has 0 aliphatic rings. The number of aromatic amines is 2. The quantitative estimate of drug-likeness (QED) is 0.225. The molecule has 0 aliphatic heterocycles. The molecule has 0 bridgehead atoms. The minimum atomic E-state index is -0.258. The molecule has 0 fully saturated rings. The maximum atomic E-state index is 13.7. The van der Waals surface area contributed by atoms with Crippen molar-refractivity contribution in [2.75, 3.05) is 5.32 Å². The highest BCUT2D eigenvalue weighted by molar-refractivity contribution is 7.13. The van der Waals surface area contributed by atoms with Crippen LogP contribution < -0.4 is 5.32 Å². The van der Waals surface area contributed by atoms with Gasteiger partial charge in [-0.15, -0.1) is 11.3 Å². The van der Waals surface area contributed by atoms with Crippen LogP contribution in [0.4, 0.5) is 10.1 Å². The van der Waals surface area contributed by atoms with E-state index >= 15 is 0 Å². The number of thiophene rings is 1. The Morgan fingerprint density at radius 2 is 1.86 bits per heavy atom. The van der Waals surface area contributed by atoms with Crippen molar-refractivity contribution in [3.63, 3.8) is 0 Å². The van der Waals surface area contributed by atoms with Crippen molar-refractivity contribution in [2.24, 2.45) is 5.41 Å². The van der Waals surface area contributed by atoms with E-state index in [0.717, 1.165) is 55.1 Å². The van der Waals surface area contributed by atoms with Crippen molar-refractivity contribution < 1.29 is 4.39 Å². The summed E-state index contributed by atoms with van der Waals surface area (Å²) in [7, 11) is 0. The van der Waals surface area contributed by atoms with Crippen molar-refractivity contribution in [2.45, 2.75) is 20.8 Å². The van der Waals surface area contributed by atoms with Gasteiger partial charge in [-0.25, -0.2) is 4.98 Å². The number of allylic oxidation sites excluding steroid dienone is 1. The number of hydrogen-bond donors (Lipinski definition) is 3. The van der Waals surface area contributed by atoms with E-state index in [2.05, 4.69) is 69.9 Å². The van der Waals surface area contributed by atoms with E-state index in [4.69, 9.17) is 4.98 Å². The molecule has 5 heterocycles. The Balaban J connectivity index is 1.40. The summed E-state index contributed by atoms with van der Waals surface area (Å²) in [6.07, 6.45) is 5.33. The van der Waals surface area contributed by atoms with Crippen LogP contribution in [0, 0.1) is 10.5 Å². The van der Waals surface area contributed by atoms with E-state index < -0.39 is 0 Å². The van der Waals surface area contributed by atoms with Crippen LogP contribution in [0.15, 0.2) is 73.3 Å². The van der Waals surface area contributed by atoms with Gasteiger partial charge in [-0.3, -0.25) is 15.1 Å². The van der Waals surface area contributed by atoms with Gasteiger partial charge in [0.25, 0.3) is 0 Å². The number of rotatable bonds is 5. The highest BCUT2D eigenvalue weighted by Gasteiger charge is 2.18. The summed E-state index contributed by atoms with van der Waals surface area (Å²) in [5.74, 6) is 0.611. The van der Waals surface area contributed by atoms with Crippen molar-refractivity contribution in [3.05, 3.63) is 78.5 Å². The Hall–Kier alpha value is -4.37. The first kappa shape index (κ1) is 23.1. The van der Waals surface area contributed by atoms with Crippen molar-refractivity contribution in [3.8, 4) is 33.2 Å². The predicted molar refractivity (Wildman–Crippen MR) is 148 cm³/mol. The summed E-state index contributed by atoms with van der Waals surface area (Å²) in [6, 6.07) is 13.2. The first-order valence-electron chi connectivity index (χ1n) is 11.8. The Bertz CT molecular complexity index is 1790. The average molecular weight is 510 g/mol. The number of halogens is 1. The molecule has 3 N–H and O–H groups in total.